The zero-order chi connectivity index (χ0) is 15.7. The van der Waals surface area contributed by atoms with E-state index >= 15 is 0 Å². The van der Waals surface area contributed by atoms with E-state index in [2.05, 4.69) is 25.9 Å². The molecular weight excluding hydrogens is 292 g/mol. The van der Waals surface area contributed by atoms with Gasteiger partial charge < -0.3 is 0 Å². The largest absolute Gasteiger partial charge is 0.280 e. The van der Waals surface area contributed by atoms with Crippen LogP contribution in [0.5, 0.6) is 0 Å². The van der Waals surface area contributed by atoms with Gasteiger partial charge in [-0.05, 0) is 29.7 Å². The van der Waals surface area contributed by atoms with Crippen LogP contribution in [-0.4, -0.2) is 11.6 Å². The highest BCUT2D eigenvalue weighted by Gasteiger charge is 2.37. The molecule has 0 atom stereocenters. The van der Waals surface area contributed by atoms with Gasteiger partial charge in [0, 0.05) is 10.3 Å². The summed E-state index contributed by atoms with van der Waals surface area (Å²) in [6.07, 6.45) is 1.94. The number of carbonyl (C=O) groups excluding carboxylic acids is 1. The predicted molar refractivity (Wildman–Crippen MR) is 93.1 cm³/mol. The van der Waals surface area contributed by atoms with E-state index in [-0.39, 0.29) is 11.3 Å². The smallest absolute Gasteiger partial charge is 0.267 e. The number of amides is 1. The van der Waals surface area contributed by atoms with Crippen LogP contribution < -0.4 is 5.01 Å². The predicted octanol–water partition coefficient (Wildman–Crippen LogP) is 4.58. The number of hydrogen-bond donors (Lipinski definition) is 0. The molecule has 0 N–H and O–H groups in total. The number of thiophene rings is 1. The summed E-state index contributed by atoms with van der Waals surface area (Å²) in [5.41, 5.74) is 2.11. The van der Waals surface area contributed by atoms with Crippen LogP contribution in [0.2, 0.25) is 0 Å². The molecule has 0 bridgehead atoms. The Bertz CT molecular complexity index is 737. The number of para-hydroxylation sites is 1. The average Bonchev–Trinajstić information content (AvgIpc) is 3.09. The van der Waals surface area contributed by atoms with Gasteiger partial charge in [0.05, 0.1) is 17.0 Å². The van der Waals surface area contributed by atoms with Crippen LogP contribution in [0.4, 0.5) is 5.69 Å². The minimum absolute atomic E-state index is 0.0653. The molecule has 0 radical (unpaired) electrons. The van der Waals surface area contributed by atoms with Gasteiger partial charge >= 0.3 is 0 Å². The maximum Gasteiger partial charge on any atom is 0.280 e. The average molecular weight is 310 g/mol. The Morgan fingerprint density at radius 2 is 1.82 bits per heavy atom. The lowest BCUT2D eigenvalue weighted by Crippen LogP contribution is -2.23. The Labute approximate surface area is 134 Å². The highest BCUT2D eigenvalue weighted by atomic mass is 32.1. The summed E-state index contributed by atoms with van der Waals surface area (Å²) in [6.45, 7) is 6.24. The topological polar surface area (TPSA) is 32.7 Å². The Morgan fingerprint density at radius 1 is 1.09 bits per heavy atom. The van der Waals surface area contributed by atoms with Gasteiger partial charge in [0.2, 0.25) is 0 Å². The summed E-state index contributed by atoms with van der Waals surface area (Å²) in [6, 6.07) is 13.5. The van der Waals surface area contributed by atoms with Crippen LogP contribution in [-0.2, 0) is 4.79 Å². The van der Waals surface area contributed by atoms with Crippen LogP contribution in [0.1, 0.15) is 25.6 Å². The minimum Gasteiger partial charge on any atom is -0.267 e. The third-order valence-corrected chi connectivity index (χ3v) is 4.24. The van der Waals surface area contributed by atoms with Crippen molar-refractivity contribution in [2.75, 3.05) is 5.01 Å². The molecular formula is C18H18N2OS. The Balaban J connectivity index is 2.07. The lowest BCUT2D eigenvalue weighted by atomic mass is 9.85. The zero-order valence-electron chi connectivity index (χ0n) is 12.9. The van der Waals surface area contributed by atoms with Gasteiger partial charge in [-0.25, -0.2) is 0 Å². The standard InChI is InChI=1S/C18H18N2OS/c1-18(2,3)16-15(12-14-10-7-11-22-14)17(21)20(19-16)13-8-5-4-6-9-13/h4-12H,1-3H3/b15-12-. The first kappa shape index (κ1) is 14.7. The van der Waals surface area contributed by atoms with Crippen molar-refractivity contribution in [3.63, 3.8) is 0 Å². The molecule has 1 aliphatic rings. The second-order valence-electron chi connectivity index (χ2n) is 6.22. The molecule has 3 rings (SSSR count). The zero-order valence-corrected chi connectivity index (χ0v) is 13.7. The lowest BCUT2D eigenvalue weighted by Gasteiger charge is -2.17. The second-order valence-corrected chi connectivity index (χ2v) is 7.20. The van der Waals surface area contributed by atoms with Crippen LogP contribution in [0, 0.1) is 5.41 Å². The van der Waals surface area contributed by atoms with Crippen molar-refractivity contribution in [3.8, 4) is 0 Å². The third kappa shape index (κ3) is 2.74. The highest BCUT2D eigenvalue weighted by Crippen LogP contribution is 2.32. The van der Waals surface area contributed by atoms with E-state index in [1.807, 2.05) is 53.9 Å². The van der Waals surface area contributed by atoms with E-state index in [9.17, 15) is 4.79 Å². The number of anilines is 1. The normalized spacial score (nSPS) is 17.2. The quantitative estimate of drug-likeness (QED) is 0.747. The molecule has 0 spiro atoms. The van der Waals surface area contributed by atoms with Crippen molar-refractivity contribution in [3.05, 3.63) is 58.3 Å². The summed E-state index contributed by atoms with van der Waals surface area (Å²) >= 11 is 1.62. The number of nitrogens with zero attached hydrogens (tertiary/aromatic N) is 2. The van der Waals surface area contributed by atoms with Gasteiger partial charge in [-0.1, -0.05) is 45.0 Å². The Morgan fingerprint density at radius 3 is 2.41 bits per heavy atom. The van der Waals surface area contributed by atoms with E-state index in [4.69, 9.17) is 0 Å². The maximum absolute atomic E-state index is 12.8. The van der Waals surface area contributed by atoms with Gasteiger partial charge in [0.1, 0.15) is 0 Å². The molecule has 0 saturated heterocycles. The fourth-order valence-electron chi connectivity index (χ4n) is 2.36. The number of rotatable bonds is 2. The van der Waals surface area contributed by atoms with Gasteiger partial charge in [0.25, 0.3) is 5.91 Å². The molecule has 2 aromatic rings. The first-order valence-corrected chi connectivity index (χ1v) is 8.09. The van der Waals surface area contributed by atoms with E-state index in [0.29, 0.717) is 5.57 Å². The third-order valence-electron chi connectivity index (χ3n) is 3.42. The molecule has 3 nitrogen and oxygen atoms in total. The van der Waals surface area contributed by atoms with E-state index < -0.39 is 0 Å². The van der Waals surface area contributed by atoms with E-state index in [1.54, 1.807) is 11.3 Å². The van der Waals surface area contributed by atoms with Crippen LogP contribution in [0.3, 0.4) is 0 Å². The summed E-state index contributed by atoms with van der Waals surface area (Å²) in [5.74, 6) is -0.0653. The van der Waals surface area contributed by atoms with Gasteiger partial charge in [-0.2, -0.15) is 10.1 Å². The SMILES string of the molecule is CC(C)(C)C1=NN(c2ccccc2)C(=O)/C1=C\c1cccs1. The van der Waals surface area contributed by atoms with Crippen molar-refractivity contribution in [2.45, 2.75) is 20.8 Å². The van der Waals surface area contributed by atoms with Gasteiger partial charge in [-0.15, -0.1) is 11.3 Å². The second kappa shape index (κ2) is 5.54. The molecule has 22 heavy (non-hydrogen) atoms. The van der Waals surface area contributed by atoms with Crippen molar-refractivity contribution in [1.82, 2.24) is 0 Å². The molecule has 1 amide bonds. The number of hydrogen-bond acceptors (Lipinski definition) is 3. The summed E-state index contributed by atoms with van der Waals surface area (Å²) < 4.78 is 0. The molecule has 0 unspecified atom stereocenters. The fraction of sp³-hybridized carbons (Fsp3) is 0.222. The molecule has 2 heterocycles. The molecule has 1 aromatic heterocycles. The van der Waals surface area contributed by atoms with E-state index in [1.165, 1.54) is 5.01 Å². The monoisotopic (exact) mass is 310 g/mol. The summed E-state index contributed by atoms with van der Waals surface area (Å²) in [7, 11) is 0. The molecule has 112 valence electrons. The highest BCUT2D eigenvalue weighted by molar-refractivity contribution is 7.10. The van der Waals surface area contributed by atoms with Crippen LogP contribution in [0.15, 0.2) is 58.5 Å². The van der Waals surface area contributed by atoms with Gasteiger partial charge in [-0.3, -0.25) is 4.79 Å². The minimum atomic E-state index is -0.192. The Kier molecular flexibility index (Phi) is 3.71. The maximum atomic E-state index is 12.8. The molecule has 1 aromatic carbocycles. The van der Waals surface area contributed by atoms with Crippen molar-refractivity contribution < 1.29 is 4.79 Å². The molecule has 4 heteroatoms. The van der Waals surface area contributed by atoms with Gasteiger partial charge in [0.15, 0.2) is 0 Å². The first-order chi connectivity index (χ1) is 10.5. The molecule has 0 fully saturated rings. The van der Waals surface area contributed by atoms with Crippen LogP contribution in [0.25, 0.3) is 6.08 Å². The van der Waals surface area contributed by atoms with E-state index in [0.717, 1.165) is 16.3 Å². The van der Waals surface area contributed by atoms with Crippen molar-refractivity contribution in [1.29, 1.82) is 0 Å². The lowest BCUT2D eigenvalue weighted by molar-refractivity contribution is -0.114. The Hall–Kier alpha value is -2.20. The molecule has 0 saturated carbocycles. The fourth-order valence-corrected chi connectivity index (χ4v) is 3.02. The number of carbonyl (C=O) groups is 1. The summed E-state index contributed by atoms with van der Waals surface area (Å²) in [4.78, 5) is 13.9. The van der Waals surface area contributed by atoms with Crippen molar-refractivity contribution in [2.24, 2.45) is 10.5 Å². The number of benzene rings is 1. The first-order valence-electron chi connectivity index (χ1n) is 7.21. The molecule has 0 aliphatic carbocycles. The van der Waals surface area contributed by atoms with Crippen LogP contribution >= 0.6 is 11.3 Å². The van der Waals surface area contributed by atoms with Crippen molar-refractivity contribution >= 4 is 34.7 Å². The summed E-state index contributed by atoms with van der Waals surface area (Å²) in [5, 5.41) is 8.12. The number of hydrazone groups is 1. The molecule has 1 aliphatic heterocycles.